The summed E-state index contributed by atoms with van der Waals surface area (Å²) in [4.78, 5) is 2.79. The first-order valence-corrected chi connectivity index (χ1v) is 9.75. The molecule has 0 bridgehead atoms. The van der Waals surface area contributed by atoms with E-state index >= 15 is 0 Å². The molecule has 10 nitrogen and oxygen atoms in total. The largest absolute Gasteiger partial charge is 0.348 e. The number of nitrogens with zero attached hydrogens (tertiary/aromatic N) is 3. The van der Waals surface area contributed by atoms with Crippen LogP contribution in [0.3, 0.4) is 0 Å². The summed E-state index contributed by atoms with van der Waals surface area (Å²) in [6.07, 6.45) is -2.28. The molecule has 25 heavy (non-hydrogen) atoms. The Hall–Kier alpha value is -0.940. The third kappa shape index (κ3) is 5.27. The van der Waals surface area contributed by atoms with Crippen LogP contribution >= 0.6 is 0 Å². The van der Waals surface area contributed by atoms with Crippen LogP contribution in [0.15, 0.2) is 5.11 Å². The Balaban J connectivity index is 2.34. The zero-order valence-electron chi connectivity index (χ0n) is 15.2. The maximum absolute atomic E-state index is 11.8. The van der Waals surface area contributed by atoms with E-state index in [2.05, 4.69) is 10.0 Å². The minimum atomic E-state index is -3.81. The summed E-state index contributed by atoms with van der Waals surface area (Å²) in [6, 6.07) is -0.599. The molecule has 2 aliphatic rings. The Morgan fingerprint density at radius 3 is 2.24 bits per heavy atom. The lowest BCUT2D eigenvalue weighted by Crippen LogP contribution is -2.49. The molecule has 0 N–H and O–H groups in total. The first kappa shape index (κ1) is 20.4. The molecule has 2 saturated heterocycles. The zero-order chi connectivity index (χ0) is 19.0. The van der Waals surface area contributed by atoms with Crippen molar-refractivity contribution in [3.63, 3.8) is 0 Å². The van der Waals surface area contributed by atoms with Gasteiger partial charge in [0.05, 0.1) is 25.0 Å². The van der Waals surface area contributed by atoms with Crippen LogP contribution < -0.4 is 0 Å². The highest BCUT2D eigenvalue weighted by atomic mass is 32.2. The molecule has 0 aromatic carbocycles. The lowest BCUT2D eigenvalue weighted by atomic mass is 9.99. The van der Waals surface area contributed by atoms with Crippen molar-refractivity contribution in [1.29, 1.82) is 0 Å². The number of hydrogen-bond acceptors (Lipinski definition) is 8. The first-order chi connectivity index (χ1) is 11.3. The normalized spacial score (nSPS) is 33.6. The topological polar surface area (TPSA) is 129 Å². The fraction of sp³-hybridized carbons (Fsp3) is 1.00. The van der Waals surface area contributed by atoms with Crippen LogP contribution in [0.25, 0.3) is 10.4 Å². The van der Waals surface area contributed by atoms with Gasteiger partial charge in [0.1, 0.15) is 18.3 Å². The van der Waals surface area contributed by atoms with Crippen molar-refractivity contribution >= 4 is 10.1 Å². The highest BCUT2D eigenvalue weighted by Crippen LogP contribution is 2.37. The van der Waals surface area contributed by atoms with Gasteiger partial charge in [0.15, 0.2) is 11.6 Å². The van der Waals surface area contributed by atoms with E-state index in [-0.39, 0.29) is 6.61 Å². The lowest BCUT2D eigenvalue weighted by Gasteiger charge is -2.30. The van der Waals surface area contributed by atoms with Gasteiger partial charge in [0, 0.05) is 4.91 Å². The van der Waals surface area contributed by atoms with E-state index in [9.17, 15) is 8.42 Å². The predicted molar refractivity (Wildman–Crippen MR) is 87.1 cm³/mol. The number of azide groups is 1. The first-order valence-electron chi connectivity index (χ1n) is 7.93. The van der Waals surface area contributed by atoms with Crippen LogP contribution in [0.1, 0.15) is 34.6 Å². The van der Waals surface area contributed by atoms with E-state index in [0.29, 0.717) is 0 Å². The summed E-state index contributed by atoms with van der Waals surface area (Å²) in [5.74, 6) is -1.87. The summed E-state index contributed by atoms with van der Waals surface area (Å²) in [7, 11) is -3.81. The second-order valence-electron chi connectivity index (χ2n) is 7.14. The van der Waals surface area contributed by atoms with Gasteiger partial charge in [-0.25, -0.2) is 0 Å². The fourth-order valence-corrected chi connectivity index (χ4v) is 3.64. The van der Waals surface area contributed by atoms with Crippen molar-refractivity contribution in [2.45, 2.75) is 76.7 Å². The Morgan fingerprint density at radius 1 is 1.16 bits per heavy atom. The van der Waals surface area contributed by atoms with Crippen LogP contribution in [0.5, 0.6) is 0 Å². The third-order valence-corrected chi connectivity index (χ3v) is 4.45. The minimum Gasteiger partial charge on any atom is -0.348 e. The number of hydrogen-bond donors (Lipinski definition) is 0. The molecule has 0 saturated carbocycles. The van der Waals surface area contributed by atoms with Crippen LogP contribution in [0, 0.1) is 0 Å². The molecule has 2 fully saturated rings. The average Bonchev–Trinajstić information content (AvgIpc) is 2.95. The molecule has 2 heterocycles. The molecule has 0 aromatic heterocycles. The molecule has 0 spiro atoms. The van der Waals surface area contributed by atoms with E-state index < -0.39 is 52.2 Å². The molecule has 0 aliphatic carbocycles. The molecule has 144 valence electrons. The molecule has 0 radical (unpaired) electrons. The van der Waals surface area contributed by atoms with E-state index in [1.807, 2.05) is 0 Å². The van der Waals surface area contributed by atoms with E-state index in [1.165, 1.54) is 0 Å². The van der Waals surface area contributed by atoms with Gasteiger partial charge in [0.2, 0.25) is 0 Å². The van der Waals surface area contributed by atoms with Gasteiger partial charge in [-0.2, -0.15) is 8.42 Å². The zero-order valence-corrected chi connectivity index (χ0v) is 16.0. The van der Waals surface area contributed by atoms with Crippen molar-refractivity contribution in [1.82, 2.24) is 0 Å². The van der Waals surface area contributed by atoms with Crippen molar-refractivity contribution in [2.75, 3.05) is 12.9 Å². The summed E-state index contributed by atoms with van der Waals surface area (Å²) in [5, 5.41) is 3.65. The molecular formula is C14H25N3O7S. The Kier molecular flexibility index (Phi) is 5.70. The van der Waals surface area contributed by atoms with Gasteiger partial charge in [-0.3, -0.25) is 4.18 Å². The second kappa shape index (κ2) is 6.99. The fourth-order valence-electron chi connectivity index (χ4n) is 3.00. The Bertz CT molecular complexity index is 645. The maximum Gasteiger partial charge on any atom is 0.264 e. The molecule has 5 atom stereocenters. The lowest BCUT2D eigenvalue weighted by molar-refractivity contribution is -0.174. The molecule has 11 heteroatoms. The summed E-state index contributed by atoms with van der Waals surface area (Å²) in [5.41, 5.74) is 8.71. The van der Waals surface area contributed by atoms with E-state index in [4.69, 9.17) is 28.7 Å². The minimum absolute atomic E-state index is 0.135. The van der Waals surface area contributed by atoms with Crippen molar-refractivity contribution in [3.8, 4) is 0 Å². The van der Waals surface area contributed by atoms with Gasteiger partial charge >= 0.3 is 0 Å². The van der Waals surface area contributed by atoms with Gasteiger partial charge < -0.3 is 18.9 Å². The molecule has 0 amide bonds. The molecular weight excluding hydrogens is 354 g/mol. The smallest absolute Gasteiger partial charge is 0.264 e. The van der Waals surface area contributed by atoms with E-state index in [0.717, 1.165) is 6.26 Å². The quantitative estimate of drug-likeness (QED) is 0.297. The van der Waals surface area contributed by atoms with Gasteiger partial charge in [0.25, 0.3) is 10.1 Å². The average molecular weight is 379 g/mol. The van der Waals surface area contributed by atoms with Gasteiger partial charge in [-0.1, -0.05) is 12.0 Å². The summed E-state index contributed by atoms with van der Waals surface area (Å²) >= 11 is 0. The summed E-state index contributed by atoms with van der Waals surface area (Å²) in [6.45, 7) is 8.62. The highest BCUT2D eigenvalue weighted by Gasteiger charge is 2.53. The maximum atomic E-state index is 11.8. The summed E-state index contributed by atoms with van der Waals surface area (Å²) < 4.78 is 51.9. The molecule has 2 rings (SSSR count). The van der Waals surface area contributed by atoms with Crippen LogP contribution in [0.2, 0.25) is 0 Å². The van der Waals surface area contributed by atoms with Gasteiger partial charge in [-0.05, 0) is 33.2 Å². The SMILES string of the molecule is C[C@H](N=[N+]=[N-])[C@H]1OC(C)(C)O[C@H]1[C@H](OS(C)(=O)=O)[C@H]1COC(C)(C)O1. The monoisotopic (exact) mass is 379 g/mol. The molecule has 0 aromatic rings. The molecule has 2 aliphatic heterocycles. The van der Waals surface area contributed by atoms with Crippen LogP contribution in [-0.4, -0.2) is 63.3 Å². The Labute approximate surface area is 147 Å². The highest BCUT2D eigenvalue weighted by molar-refractivity contribution is 7.86. The van der Waals surface area contributed by atoms with Crippen molar-refractivity contribution in [2.24, 2.45) is 5.11 Å². The number of ether oxygens (including phenoxy) is 4. The van der Waals surface area contributed by atoms with Gasteiger partial charge in [-0.15, -0.1) is 0 Å². The number of rotatable bonds is 6. The second-order valence-corrected chi connectivity index (χ2v) is 8.74. The van der Waals surface area contributed by atoms with Crippen molar-refractivity contribution < 1.29 is 31.5 Å². The van der Waals surface area contributed by atoms with Crippen molar-refractivity contribution in [3.05, 3.63) is 10.4 Å². The standard InChI is InChI=1S/C14H25N3O7S/c1-8(16-17-15)10-12(23-14(4,5)22-10)11(24-25(6,18)19)9-7-20-13(2,3)21-9/h8-12H,7H2,1-6H3/t8-,9+,10+,11+,12+/m0/s1. The Morgan fingerprint density at radius 2 is 1.76 bits per heavy atom. The molecule has 0 unspecified atom stereocenters. The van der Waals surface area contributed by atoms with E-state index in [1.54, 1.807) is 34.6 Å². The predicted octanol–water partition coefficient (Wildman–Crippen LogP) is 1.70. The third-order valence-electron chi connectivity index (χ3n) is 3.88. The van der Waals surface area contributed by atoms with Crippen LogP contribution in [-0.2, 0) is 33.2 Å². The van der Waals surface area contributed by atoms with Crippen LogP contribution in [0.4, 0.5) is 0 Å².